The number of amides is 1. The number of halogens is 2. The van der Waals surface area contributed by atoms with E-state index < -0.39 is 33.7 Å². The third-order valence-corrected chi connectivity index (χ3v) is 6.87. The van der Waals surface area contributed by atoms with Gasteiger partial charge in [-0.15, -0.1) is 0 Å². The summed E-state index contributed by atoms with van der Waals surface area (Å²) in [5, 5.41) is 2.45. The summed E-state index contributed by atoms with van der Waals surface area (Å²) in [6, 6.07) is 14.3. The van der Waals surface area contributed by atoms with Crippen LogP contribution in [-0.4, -0.2) is 27.0 Å². The molecule has 0 fully saturated rings. The van der Waals surface area contributed by atoms with E-state index in [1.165, 1.54) is 18.2 Å². The van der Waals surface area contributed by atoms with Gasteiger partial charge in [-0.05, 0) is 55.8 Å². The molecule has 9 heteroatoms. The molecule has 3 aromatic carbocycles. The van der Waals surface area contributed by atoms with Crippen LogP contribution in [0, 0.1) is 25.5 Å². The van der Waals surface area contributed by atoms with Gasteiger partial charge in [0.25, 0.3) is 15.9 Å². The molecule has 1 aliphatic heterocycles. The number of carbonyl (C=O) groups excluding carboxylic acids is 1. The molecule has 1 atom stereocenters. The summed E-state index contributed by atoms with van der Waals surface area (Å²) in [5.74, 6) is -2.61. The van der Waals surface area contributed by atoms with Crippen LogP contribution in [0.1, 0.15) is 11.1 Å². The lowest BCUT2D eigenvalue weighted by Gasteiger charge is -2.35. The molecule has 1 heterocycles. The third-order valence-electron chi connectivity index (χ3n) is 5.07. The second-order valence-electron chi connectivity index (χ2n) is 7.55. The van der Waals surface area contributed by atoms with Gasteiger partial charge in [-0.3, -0.25) is 9.10 Å². The highest BCUT2D eigenvalue weighted by Gasteiger charge is 2.37. The van der Waals surface area contributed by atoms with E-state index in [1.807, 2.05) is 13.8 Å². The normalized spacial score (nSPS) is 15.6. The third kappa shape index (κ3) is 4.16. The molecule has 0 aromatic heterocycles. The summed E-state index contributed by atoms with van der Waals surface area (Å²) in [6.07, 6.45) is -1.21. The second-order valence-corrected chi connectivity index (χ2v) is 9.41. The lowest BCUT2D eigenvalue weighted by Crippen LogP contribution is -2.48. The van der Waals surface area contributed by atoms with E-state index in [9.17, 15) is 22.0 Å². The van der Waals surface area contributed by atoms with Crippen molar-refractivity contribution >= 4 is 27.3 Å². The lowest BCUT2D eigenvalue weighted by molar-refractivity contribution is -0.122. The lowest BCUT2D eigenvalue weighted by atomic mass is 10.1. The number of nitrogens with zero attached hydrogens (tertiary/aromatic N) is 1. The van der Waals surface area contributed by atoms with Crippen molar-refractivity contribution in [3.8, 4) is 5.75 Å². The summed E-state index contributed by atoms with van der Waals surface area (Å²) in [4.78, 5) is 12.9. The Morgan fingerprint density at radius 2 is 1.66 bits per heavy atom. The fourth-order valence-electron chi connectivity index (χ4n) is 3.36. The molecule has 0 spiro atoms. The second kappa shape index (κ2) is 8.23. The van der Waals surface area contributed by atoms with Gasteiger partial charge in [0.15, 0.2) is 17.7 Å². The van der Waals surface area contributed by atoms with Crippen LogP contribution >= 0.6 is 0 Å². The summed E-state index contributed by atoms with van der Waals surface area (Å²) in [7, 11) is -3.99. The topological polar surface area (TPSA) is 75.7 Å². The number of ether oxygens (including phenoxy) is 1. The number of fused-ring (bicyclic) bond motifs is 1. The quantitative estimate of drug-likeness (QED) is 0.637. The van der Waals surface area contributed by atoms with Gasteiger partial charge >= 0.3 is 0 Å². The number of rotatable bonds is 4. The molecule has 0 radical (unpaired) electrons. The zero-order chi connectivity index (χ0) is 23.0. The molecular formula is C23H20F2N2O4S. The first-order valence-electron chi connectivity index (χ1n) is 9.78. The van der Waals surface area contributed by atoms with Crippen LogP contribution in [0.3, 0.4) is 0 Å². The Kier molecular flexibility index (Phi) is 5.60. The molecule has 32 heavy (non-hydrogen) atoms. The maximum Gasteiger partial charge on any atom is 0.267 e. The summed E-state index contributed by atoms with van der Waals surface area (Å²) in [5.41, 5.74) is 2.07. The Morgan fingerprint density at radius 3 is 2.34 bits per heavy atom. The van der Waals surface area contributed by atoms with Gasteiger partial charge in [0.05, 0.1) is 17.1 Å². The molecule has 1 N–H and O–H groups in total. The SMILES string of the molecule is Cc1ccc(S(=O)(=O)N2CC(C(=O)Nc3ccc(F)c(F)c3)Oc3cc(C)ccc32)cc1. The van der Waals surface area contributed by atoms with E-state index in [-0.39, 0.29) is 22.9 Å². The number of aryl methyl sites for hydroxylation is 2. The van der Waals surface area contributed by atoms with Gasteiger partial charge < -0.3 is 10.1 Å². The molecule has 1 unspecified atom stereocenters. The van der Waals surface area contributed by atoms with Crippen LogP contribution < -0.4 is 14.4 Å². The first-order valence-corrected chi connectivity index (χ1v) is 11.2. The largest absolute Gasteiger partial charge is 0.476 e. The van der Waals surface area contributed by atoms with Crippen LogP contribution in [0.25, 0.3) is 0 Å². The molecule has 4 rings (SSSR count). The molecule has 6 nitrogen and oxygen atoms in total. The van der Waals surface area contributed by atoms with E-state index in [4.69, 9.17) is 4.74 Å². The number of hydrogen-bond acceptors (Lipinski definition) is 4. The van der Waals surface area contributed by atoms with Gasteiger partial charge in [0, 0.05) is 11.8 Å². The first kappa shape index (κ1) is 21.8. The van der Waals surface area contributed by atoms with Gasteiger partial charge in [0.2, 0.25) is 0 Å². The van der Waals surface area contributed by atoms with Crippen molar-refractivity contribution in [3.05, 3.63) is 83.4 Å². The van der Waals surface area contributed by atoms with Gasteiger partial charge in [-0.25, -0.2) is 17.2 Å². The fourth-order valence-corrected chi connectivity index (χ4v) is 4.84. The number of sulfonamides is 1. The number of benzene rings is 3. The van der Waals surface area contributed by atoms with Gasteiger partial charge in [0.1, 0.15) is 5.75 Å². The molecular weight excluding hydrogens is 438 g/mol. The molecule has 0 aliphatic carbocycles. The van der Waals surface area contributed by atoms with Crippen molar-refractivity contribution in [2.45, 2.75) is 24.8 Å². The predicted octanol–water partition coefficient (Wildman–Crippen LogP) is 4.18. The summed E-state index contributed by atoms with van der Waals surface area (Å²) < 4.78 is 60.4. The zero-order valence-corrected chi connectivity index (χ0v) is 18.1. The number of carbonyl (C=O) groups is 1. The van der Waals surface area contributed by atoms with Crippen LogP contribution in [0.5, 0.6) is 5.75 Å². The standard InChI is InChI=1S/C23H20F2N2O4S/c1-14-3-7-17(8-4-14)32(29,30)27-13-22(31-21-11-15(2)5-10-20(21)27)23(28)26-16-6-9-18(24)19(25)12-16/h3-12,22H,13H2,1-2H3,(H,26,28). The van der Waals surface area contributed by atoms with Crippen molar-refractivity contribution in [3.63, 3.8) is 0 Å². The highest BCUT2D eigenvalue weighted by Crippen LogP contribution is 2.38. The predicted molar refractivity (Wildman–Crippen MR) is 116 cm³/mol. The minimum absolute atomic E-state index is 0.0282. The molecule has 1 aliphatic rings. The highest BCUT2D eigenvalue weighted by atomic mass is 32.2. The Labute approximate surface area is 184 Å². The molecule has 3 aromatic rings. The van der Waals surface area contributed by atoms with Crippen LogP contribution in [-0.2, 0) is 14.8 Å². The van der Waals surface area contributed by atoms with Gasteiger partial charge in [-0.1, -0.05) is 23.8 Å². The van der Waals surface area contributed by atoms with Crippen molar-refractivity contribution in [1.29, 1.82) is 0 Å². The Balaban J connectivity index is 1.69. The van der Waals surface area contributed by atoms with Crippen LogP contribution in [0.4, 0.5) is 20.2 Å². The first-order chi connectivity index (χ1) is 15.1. The van der Waals surface area contributed by atoms with E-state index >= 15 is 0 Å². The van der Waals surface area contributed by atoms with Crippen molar-refractivity contribution < 1.29 is 26.7 Å². The number of hydrogen-bond donors (Lipinski definition) is 1. The Morgan fingerprint density at radius 1 is 0.969 bits per heavy atom. The highest BCUT2D eigenvalue weighted by molar-refractivity contribution is 7.92. The minimum Gasteiger partial charge on any atom is -0.476 e. The number of anilines is 2. The molecule has 1 amide bonds. The average molecular weight is 458 g/mol. The summed E-state index contributed by atoms with van der Waals surface area (Å²) >= 11 is 0. The Bertz CT molecular complexity index is 1290. The van der Waals surface area contributed by atoms with Crippen molar-refractivity contribution in [1.82, 2.24) is 0 Å². The van der Waals surface area contributed by atoms with Crippen molar-refractivity contribution in [2.75, 3.05) is 16.2 Å². The van der Waals surface area contributed by atoms with E-state index in [0.717, 1.165) is 27.6 Å². The van der Waals surface area contributed by atoms with Crippen LogP contribution in [0.2, 0.25) is 0 Å². The summed E-state index contributed by atoms with van der Waals surface area (Å²) in [6.45, 7) is 3.37. The van der Waals surface area contributed by atoms with Crippen molar-refractivity contribution in [2.24, 2.45) is 0 Å². The van der Waals surface area contributed by atoms with E-state index in [0.29, 0.717) is 5.69 Å². The van der Waals surface area contributed by atoms with Crippen LogP contribution in [0.15, 0.2) is 65.6 Å². The molecule has 0 saturated heterocycles. The monoisotopic (exact) mass is 458 g/mol. The molecule has 0 bridgehead atoms. The van der Waals surface area contributed by atoms with Gasteiger partial charge in [-0.2, -0.15) is 0 Å². The molecule has 166 valence electrons. The minimum atomic E-state index is -3.99. The smallest absolute Gasteiger partial charge is 0.267 e. The maximum absolute atomic E-state index is 13.5. The average Bonchev–Trinajstić information content (AvgIpc) is 2.75. The Hall–Kier alpha value is -3.46. The zero-order valence-electron chi connectivity index (χ0n) is 17.3. The maximum atomic E-state index is 13.5. The fraction of sp³-hybridized carbons (Fsp3) is 0.174. The van der Waals surface area contributed by atoms with E-state index in [1.54, 1.807) is 30.3 Å². The molecule has 0 saturated carbocycles. The van der Waals surface area contributed by atoms with E-state index in [2.05, 4.69) is 5.32 Å². The number of nitrogens with one attached hydrogen (secondary N) is 1.